The zero-order valence-corrected chi connectivity index (χ0v) is 13.2. The highest BCUT2D eigenvalue weighted by Gasteiger charge is 2.25. The molecule has 1 unspecified atom stereocenters. The van der Waals surface area contributed by atoms with E-state index in [1.54, 1.807) is 0 Å². The molecule has 4 N–H and O–H groups in total. The minimum Gasteiger partial charge on any atom is -0.497 e. The average molecular weight is 318 g/mol. The number of hydrogen-bond acceptors (Lipinski definition) is 6. The fraction of sp³-hybridized carbons (Fsp3) is 0.538. The number of aliphatic hydroxyl groups is 1. The average Bonchev–Trinajstić information content (AvgIpc) is 2.43. The molecule has 0 aliphatic carbocycles. The van der Waals surface area contributed by atoms with Crippen LogP contribution in [-0.4, -0.2) is 46.5 Å². The highest BCUT2D eigenvalue weighted by Crippen LogP contribution is 2.23. The summed E-state index contributed by atoms with van der Waals surface area (Å²) in [6.07, 6.45) is 0.310. The third kappa shape index (κ3) is 5.16. The number of ether oxygens (including phenoxy) is 2. The molecule has 120 valence electrons. The van der Waals surface area contributed by atoms with Gasteiger partial charge in [-0.15, -0.1) is 0 Å². The molecule has 0 aliphatic heterocycles. The predicted octanol–water partition coefficient (Wildman–Crippen LogP) is 0.343. The lowest BCUT2D eigenvalue weighted by Gasteiger charge is -2.23. The lowest BCUT2D eigenvalue weighted by Crippen LogP contribution is -2.41. The molecule has 0 saturated carbocycles. The number of nitrogens with one attached hydrogen (secondary N) is 1. The Bertz CT molecular complexity index is 572. The minimum atomic E-state index is -3.81. The van der Waals surface area contributed by atoms with Crippen molar-refractivity contribution in [3.63, 3.8) is 0 Å². The Kier molecular flexibility index (Phi) is 5.97. The first-order valence-corrected chi connectivity index (χ1v) is 7.85. The van der Waals surface area contributed by atoms with E-state index in [4.69, 9.17) is 15.2 Å². The molecule has 1 aromatic carbocycles. The lowest BCUT2D eigenvalue weighted by atomic mass is 10.0. The van der Waals surface area contributed by atoms with Crippen molar-refractivity contribution in [1.29, 1.82) is 0 Å². The molecule has 0 aromatic heterocycles. The fourth-order valence-electron chi connectivity index (χ4n) is 1.64. The first-order chi connectivity index (χ1) is 9.72. The van der Waals surface area contributed by atoms with Crippen LogP contribution in [0.5, 0.6) is 5.75 Å². The topological polar surface area (TPSA) is 111 Å². The minimum absolute atomic E-state index is 0.0501. The number of sulfonamides is 1. The van der Waals surface area contributed by atoms with Crippen LogP contribution in [-0.2, 0) is 14.8 Å². The van der Waals surface area contributed by atoms with Crippen molar-refractivity contribution < 1.29 is 23.0 Å². The smallest absolute Gasteiger partial charge is 0.242 e. The van der Waals surface area contributed by atoms with Crippen molar-refractivity contribution >= 4 is 15.7 Å². The molecule has 1 atom stereocenters. The summed E-state index contributed by atoms with van der Waals surface area (Å²) in [5.41, 5.74) is 4.60. The number of methoxy groups -OCH3 is 2. The Hall–Kier alpha value is -1.35. The van der Waals surface area contributed by atoms with Gasteiger partial charge >= 0.3 is 0 Å². The number of anilines is 1. The van der Waals surface area contributed by atoms with Gasteiger partial charge in [0.25, 0.3) is 0 Å². The van der Waals surface area contributed by atoms with Gasteiger partial charge in [-0.3, -0.25) is 0 Å². The van der Waals surface area contributed by atoms with Gasteiger partial charge in [-0.05, 0) is 19.1 Å². The lowest BCUT2D eigenvalue weighted by molar-refractivity contribution is 0.0292. The summed E-state index contributed by atoms with van der Waals surface area (Å²) < 4.78 is 36.6. The first-order valence-electron chi connectivity index (χ1n) is 6.36. The highest BCUT2D eigenvalue weighted by atomic mass is 32.2. The first kappa shape index (κ1) is 17.7. The van der Waals surface area contributed by atoms with Crippen LogP contribution in [0.25, 0.3) is 0 Å². The van der Waals surface area contributed by atoms with Gasteiger partial charge in [-0.1, -0.05) is 0 Å². The molecular formula is C13H22N2O5S. The zero-order chi connectivity index (χ0) is 16.1. The van der Waals surface area contributed by atoms with Crippen LogP contribution in [0, 0.1) is 0 Å². The van der Waals surface area contributed by atoms with E-state index in [1.807, 2.05) is 0 Å². The largest absolute Gasteiger partial charge is 0.497 e. The van der Waals surface area contributed by atoms with Crippen molar-refractivity contribution in [2.24, 2.45) is 0 Å². The molecule has 0 heterocycles. The van der Waals surface area contributed by atoms with E-state index in [-0.39, 0.29) is 17.1 Å². The maximum absolute atomic E-state index is 12.2. The number of rotatable bonds is 8. The highest BCUT2D eigenvalue weighted by molar-refractivity contribution is 7.89. The summed E-state index contributed by atoms with van der Waals surface area (Å²) in [5.74, 6) is 0.471. The van der Waals surface area contributed by atoms with Crippen LogP contribution in [0.3, 0.4) is 0 Å². The summed E-state index contributed by atoms with van der Waals surface area (Å²) >= 11 is 0. The van der Waals surface area contributed by atoms with Gasteiger partial charge in [-0.2, -0.15) is 0 Å². The molecule has 0 aliphatic rings. The Morgan fingerprint density at radius 1 is 1.38 bits per heavy atom. The van der Waals surface area contributed by atoms with E-state index < -0.39 is 15.6 Å². The van der Waals surface area contributed by atoms with Gasteiger partial charge in [0.1, 0.15) is 10.6 Å². The number of nitrogen functional groups attached to an aromatic ring is 1. The molecule has 0 amide bonds. The van der Waals surface area contributed by atoms with E-state index in [2.05, 4.69) is 4.72 Å². The van der Waals surface area contributed by atoms with E-state index in [9.17, 15) is 13.5 Å². The second-order valence-electron chi connectivity index (χ2n) is 4.97. The Morgan fingerprint density at radius 3 is 2.57 bits per heavy atom. The number of nitrogens with two attached hydrogens (primary N) is 1. The van der Waals surface area contributed by atoms with Gasteiger partial charge < -0.3 is 20.3 Å². The van der Waals surface area contributed by atoms with Gasteiger partial charge in [0.2, 0.25) is 10.0 Å². The van der Waals surface area contributed by atoms with Crippen LogP contribution in [0.4, 0.5) is 5.69 Å². The normalized spacial score (nSPS) is 14.7. The van der Waals surface area contributed by atoms with Crippen LogP contribution in [0.2, 0.25) is 0 Å². The van der Waals surface area contributed by atoms with E-state index >= 15 is 0 Å². The predicted molar refractivity (Wildman–Crippen MR) is 79.7 cm³/mol. The second-order valence-corrected chi connectivity index (χ2v) is 6.70. The maximum Gasteiger partial charge on any atom is 0.242 e. The molecule has 8 heteroatoms. The Morgan fingerprint density at radius 2 is 2.05 bits per heavy atom. The molecule has 0 saturated heterocycles. The van der Waals surface area contributed by atoms with Crippen LogP contribution < -0.4 is 15.2 Å². The van der Waals surface area contributed by atoms with Crippen molar-refractivity contribution in [2.75, 3.05) is 33.1 Å². The summed E-state index contributed by atoms with van der Waals surface area (Å²) in [6, 6.07) is 4.30. The maximum atomic E-state index is 12.2. The molecule has 7 nitrogen and oxygen atoms in total. The Labute approximate surface area is 125 Å². The van der Waals surface area contributed by atoms with Crippen molar-refractivity contribution in [3.8, 4) is 5.75 Å². The standard InChI is InChI=1S/C13H22N2O5S/c1-13(16,6-7-19-2)9-15-21(17,18)12-5-4-10(20-3)8-11(12)14/h4-5,8,15-16H,6-7,9,14H2,1-3H3. The molecule has 21 heavy (non-hydrogen) atoms. The summed E-state index contributed by atoms with van der Waals surface area (Å²) in [6.45, 7) is 1.73. The summed E-state index contributed by atoms with van der Waals surface area (Å²) in [7, 11) is -0.827. The Balaban J connectivity index is 2.82. The molecule has 0 bridgehead atoms. The molecule has 0 spiro atoms. The van der Waals surface area contributed by atoms with E-state index in [0.29, 0.717) is 18.8 Å². The molecule has 0 radical (unpaired) electrons. The number of benzene rings is 1. The fourth-order valence-corrected chi connectivity index (χ4v) is 2.91. The summed E-state index contributed by atoms with van der Waals surface area (Å²) in [5, 5.41) is 10.0. The second kappa shape index (κ2) is 7.08. The van der Waals surface area contributed by atoms with Gasteiger partial charge in [-0.25, -0.2) is 13.1 Å². The molecule has 1 aromatic rings. The zero-order valence-electron chi connectivity index (χ0n) is 12.4. The summed E-state index contributed by atoms with van der Waals surface area (Å²) in [4.78, 5) is -0.0501. The van der Waals surface area contributed by atoms with Crippen molar-refractivity contribution in [3.05, 3.63) is 18.2 Å². The third-order valence-electron chi connectivity index (χ3n) is 2.99. The monoisotopic (exact) mass is 318 g/mol. The quantitative estimate of drug-likeness (QED) is 0.596. The van der Waals surface area contributed by atoms with Crippen LogP contribution >= 0.6 is 0 Å². The molecular weight excluding hydrogens is 296 g/mol. The van der Waals surface area contributed by atoms with Crippen LogP contribution in [0.15, 0.2) is 23.1 Å². The van der Waals surface area contributed by atoms with Gasteiger partial charge in [0.05, 0.1) is 18.4 Å². The third-order valence-corrected chi connectivity index (χ3v) is 4.47. The van der Waals surface area contributed by atoms with Crippen LogP contribution in [0.1, 0.15) is 13.3 Å². The van der Waals surface area contributed by atoms with Crippen molar-refractivity contribution in [1.82, 2.24) is 4.72 Å². The molecule has 1 rings (SSSR count). The SMILES string of the molecule is COCCC(C)(O)CNS(=O)(=O)c1ccc(OC)cc1N. The molecule has 0 fully saturated rings. The van der Waals surface area contributed by atoms with Crippen molar-refractivity contribution in [2.45, 2.75) is 23.8 Å². The van der Waals surface area contributed by atoms with E-state index in [1.165, 1.54) is 39.3 Å². The van der Waals surface area contributed by atoms with E-state index in [0.717, 1.165) is 0 Å². The number of hydrogen-bond donors (Lipinski definition) is 3. The van der Waals surface area contributed by atoms with Gasteiger partial charge in [0.15, 0.2) is 0 Å². The van der Waals surface area contributed by atoms with Gasteiger partial charge in [0, 0.05) is 32.7 Å².